The van der Waals surface area contributed by atoms with Gasteiger partial charge in [-0.1, -0.05) is 6.07 Å². The third-order valence-electron chi connectivity index (χ3n) is 4.51. The highest BCUT2D eigenvalue weighted by Crippen LogP contribution is 2.29. The maximum absolute atomic E-state index is 4.81. The predicted octanol–water partition coefficient (Wildman–Crippen LogP) is 4.95. The Balaban J connectivity index is 1.55. The minimum Gasteiger partial charge on any atom is -0.348 e. The van der Waals surface area contributed by atoms with Crippen molar-refractivity contribution in [3.63, 3.8) is 0 Å². The van der Waals surface area contributed by atoms with Gasteiger partial charge in [-0.25, -0.2) is 15.0 Å². The number of hydrogen-bond donors (Lipinski definition) is 1. The summed E-state index contributed by atoms with van der Waals surface area (Å²) < 4.78 is 0. The normalized spacial score (nSPS) is 14.5. The number of hydrogen-bond acceptors (Lipinski definition) is 6. The lowest BCUT2D eigenvalue weighted by molar-refractivity contribution is 0.577. The minimum atomic E-state index is 0.597. The van der Waals surface area contributed by atoms with Crippen LogP contribution in [0.25, 0.3) is 11.4 Å². The summed E-state index contributed by atoms with van der Waals surface area (Å²) in [7, 11) is 0. The van der Waals surface area contributed by atoms with Crippen LogP contribution in [0, 0.1) is 13.8 Å². The molecule has 3 aromatic rings. The van der Waals surface area contributed by atoms with E-state index in [2.05, 4.69) is 57.6 Å². The molecule has 4 rings (SSSR count). The van der Waals surface area contributed by atoms with Gasteiger partial charge >= 0.3 is 0 Å². The summed E-state index contributed by atoms with van der Waals surface area (Å²) in [6.07, 6.45) is 5.63. The number of benzene rings is 1. The lowest BCUT2D eigenvalue weighted by Gasteiger charge is -2.25. The van der Waals surface area contributed by atoms with E-state index in [0.29, 0.717) is 5.95 Å². The van der Waals surface area contributed by atoms with Crippen LogP contribution in [0.3, 0.4) is 0 Å². The summed E-state index contributed by atoms with van der Waals surface area (Å²) >= 11 is 1.70. The number of anilines is 3. The molecular formula is C20H23N5S. The molecule has 0 aliphatic carbocycles. The quantitative estimate of drug-likeness (QED) is 0.709. The van der Waals surface area contributed by atoms with E-state index < -0.39 is 0 Å². The third kappa shape index (κ3) is 3.85. The number of nitrogens with zero attached hydrogens (tertiary/aromatic N) is 4. The van der Waals surface area contributed by atoms with E-state index in [1.54, 1.807) is 17.5 Å². The molecule has 0 bridgehead atoms. The van der Waals surface area contributed by atoms with Gasteiger partial charge in [0, 0.05) is 30.4 Å². The molecule has 0 unspecified atom stereocenters. The maximum atomic E-state index is 4.81. The number of piperidine rings is 1. The lowest BCUT2D eigenvalue weighted by Crippen LogP contribution is -2.29. The highest BCUT2D eigenvalue weighted by Gasteiger charge is 2.15. The number of aryl methyl sites for hydroxylation is 2. The smallest absolute Gasteiger partial charge is 0.227 e. The van der Waals surface area contributed by atoms with Gasteiger partial charge in [-0.2, -0.15) is 0 Å². The van der Waals surface area contributed by atoms with E-state index >= 15 is 0 Å². The van der Waals surface area contributed by atoms with Gasteiger partial charge in [0.05, 0.1) is 5.69 Å². The summed E-state index contributed by atoms with van der Waals surface area (Å²) in [5.41, 5.74) is 5.21. The van der Waals surface area contributed by atoms with Crippen LogP contribution in [-0.4, -0.2) is 28.0 Å². The van der Waals surface area contributed by atoms with E-state index in [1.165, 1.54) is 30.4 Å². The van der Waals surface area contributed by atoms with Gasteiger partial charge in [-0.3, -0.25) is 0 Å². The molecule has 1 saturated heterocycles. The van der Waals surface area contributed by atoms with Crippen LogP contribution < -0.4 is 10.2 Å². The van der Waals surface area contributed by atoms with Crippen LogP contribution in [0.1, 0.15) is 30.4 Å². The monoisotopic (exact) mass is 365 g/mol. The molecule has 0 spiro atoms. The highest BCUT2D eigenvalue weighted by atomic mass is 32.1. The second-order valence-electron chi connectivity index (χ2n) is 6.83. The van der Waals surface area contributed by atoms with Gasteiger partial charge < -0.3 is 10.2 Å². The average molecular weight is 366 g/mol. The zero-order valence-corrected chi connectivity index (χ0v) is 16.0. The third-order valence-corrected chi connectivity index (χ3v) is 5.42. The Hall–Kier alpha value is -2.47. The second-order valence-corrected chi connectivity index (χ2v) is 7.67. The highest BCUT2D eigenvalue weighted by molar-refractivity contribution is 7.14. The first-order chi connectivity index (χ1) is 12.7. The van der Waals surface area contributed by atoms with Gasteiger partial charge in [0.15, 0.2) is 5.13 Å². The lowest BCUT2D eigenvalue weighted by atomic mass is 10.1. The Kier molecular flexibility index (Phi) is 4.84. The Bertz CT molecular complexity index is 878. The molecule has 1 aromatic carbocycles. The summed E-state index contributed by atoms with van der Waals surface area (Å²) in [6.45, 7) is 6.40. The van der Waals surface area contributed by atoms with Gasteiger partial charge in [-0.05, 0) is 62.4 Å². The average Bonchev–Trinajstić information content (AvgIpc) is 3.12. The SMILES string of the molecule is Cc1cc(C)cc(Nc2nccc(-c3csc(N4CCCCC4)n3)n2)c1. The van der Waals surface area contributed by atoms with Crippen LogP contribution in [0.15, 0.2) is 35.8 Å². The van der Waals surface area contributed by atoms with E-state index in [0.717, 1.165) is 35.3 Å². The minimum absolute atomic E-state index is 0.597. The molecule has 0 atom stereocenters. The number of rotatable bonds is 4. The summed E-state index contributed by atoms with van der Waals surface area (Å²) in [5, 5.41) is 6.50. The topological polar surface area (TPSA) is 53.9 Å². The molecule has 0 amide bonds. The van der Waals surface area contributed by atoms with Crippen LogP contribution in [0.5, 0.6) is 0 Å². The number of thiazole rings is 1. The van der Waals surface area contributed by atoms with Crippen molar-refractivity contribution >= 4 is 28.1 Å². The van der Waals surface area contributed by atoms with Crippen molar-refractivity contribution in [1.82, 2.24) is 15.0 Å². The first-order valence-electron chi connectivity index (χ1n) is 9.06. The van der Waals surface area contributed by atoms with Crippen molar-refractivity contribution < 1.29 is 0 Å². The first-order valence-corrected chi connectivity index (χ1v) is 9.94. The Morgan fingerprint density at radius 3 is 2.50 bits per heavy atom. The van der Waals surface area contributed by atoms with E-state index in [-0.39, 0.29) is 0 Å². The van der Waals surface area contributed by atoms with Crippen LogP contribution in [-0.2, 0) is 0 Å². The van der Waals surface area contributed by atoms with Crippen LogP contribution in [0.2, 0.25) is 0 Å². The molecule has 0 radical (unpaired) electrons. The van der Waals surface area contributed by atoms with Crippen molar-refractivity contribution in [2.24, 2.45) is 0 Å². The van der Waals surface area contributed by atoms with Crippen molar-refractivity contribution in [1.29, 1.82) is 0 Å². The molecule has 1 aliphatic heterocycles. The van der Waals surface area contributed by atoms with E-state index in [1.807, 2.05) is 6.07 Å². The molecule has 6 heteroatoms. The van der Waals surface area contributed by atoms with Crippen molar-refractivity contribution in [3.05, 3.63) is 47.0 Å². The maximum Gasteiger partial charge on any atom is 0.227 e. The Morgan fingerprint density at radius 2 is 1.73 bits per heavy atom. The summed E-state index contributed by atoms with van der Waals surface area (Å²) in [5.74, 6) is 0.597. The van der Waals surface area contributed by atoms with Gasteiger partial charge in [-0.15, -0.1) is 11.3 Å². The largest absolute Gasteiger partial charge is 0.348 e. The fourth-order valence-electron chi connectivity index (χ4n) is 3.35. The molecule has 1 N–H and O–H groups in total. The first kappa shape index (κ1) is 17.0. The molecule has 3 heterocycles. The van der Waals surface area contributed by atoms with Crippen LogP contribution >= 0.6 is 11.3 Å². The van der Waals surface area contributed by atoms with Crippen molar-refractivity contribution in [3.8, 4) is 11.4 Å². The number of nitrogens with one attached hydrogen (secondary N) is 1. The summed E-state index contributed by atoms with van der Waals surface area (Å²) in [6, 6.07) is 8.27. The number of aromatic nitrogens is 3. The van der Waals surface area contributed by atoms with Gasteiger partial charge in [0.25, 0.3) is 0 Å². The molecule has 1 fully saturated rings. The Labute approximate surface area is 158 Å². The summed E-state index contributed by atoms with van der Waals surface area (Å²) in [4.78, 5) is 16.2. The molecule has 1 aliphatic rings. The fraction of sp³-hybridized carbons (Fsp3) is 0.350. The van der Waals surface area contributed by atoms with Crippen LogP contribution in [0.4, 0.5) is 16.8 Å². The van der Waals surface area contributed by atoms with Gasteiger partial charge in [0.2, 0.25) is 5.95 Å². The zero-order chi connectivity index (χ0) is 17.9. The molecule has 26 heavy (non-hydrogen) atoms. The zero-order valence-electron chi connectivity index (χ0n) is 15.2. The molecule has 134 valence electrons. The second kappa shape index (κ2) is 7.41. The standard InChI is InChI=1S/C20H23N5S/c1-14-10-15(2)12-16(11-14)22-19-21-7-6-17(23-19)18-13-26-20(24-18)25-8-4-3-5-9-25/h6-7,10-13H,3-5,8-9H2,1-2H3,(H,21,22,23). The predicted molar refractivity (Wildman–Crippen MR) is 108 cm³/mol. The molecule has 2 aromatic heterocycles. The van der Waals surface area contributed by atoms with E-state index in [9.17, 15) is 0 Å². The molecular weight excluding hydrogens is 342 g/mol. The molecule has 0 saturated carbocycles. The Morgan fingerprint density at radius 1 is 0.962 bits per heavy atom. The van der Waals surface area contributed by atoms with Gasteiger partial charge in [0.1, 0.15) is 5.69 Å². The van der Waals surface area contributed by atoms with E-state index in [4.69, 9.17) is 4.98 Å². The van der Waals surface area contributed by atoms with Crippen molar-refractivity contribution in [2.75, 3.05) is 23.3 Å². The van der Waals surface area contributed by atoms with Crippen molar-refractivity contribution in [2.45, 2.75) is 33.1 Å². The molecule has 5 nitrogen and oxygen atoms in total. The fourth-order valence-corrected chi connectivity index (χ4v) is 4.22.